The zero-order valence-electron chi connectivity index (χ0n) is 19.5. The molecule has 0 aromatic heterocycles. The first-order valence-electron chi connectivity index (χ1n) is 11.8. The highest BCUT2D eigenvalue weighted by atomic mass is 35.5. The molecule has 0 bridgehead atoms. The molecular formula is C27H26ClFN4O3. The van der Waals surface area contributed by atoms with Gasteiger partial charge >= 0.3 is 0 Å². The number of nitrogens with zero attached hydrogens (tertiary/aromatic N) is 2. The van der Waals surface area contributed by atoms with E-state index in [1.54, 1.807) is 0 Å². The molecule has 0 aliphatic carbocycles. The van der Waals surface area contributed by atoms with Gasteiger partial charge in [-0.2, -0.15) is 5.26 Å². The third kappa shape index (κ3) is 5.92. The van der Waals surface area contributed by atoms with Crippen molar-refractivity contribution in [2.24, 2.45) is 5.92 Å². The molecule has 2 heterocycles. The van der Waals surface area contributed by atoms with Crippen LogP contribution in [0.15, 0.2) is 54.6 Å². The van der Waals surface area contributed by atoms with Crippen LogP contribution in [0.4, 0.5) is 4.39 Å². The summed E-state index contributed by atoms with van der Waals surface area (Å²) in [6, 6.07) is 14.2. The number of benzene rings is 2. The van der Waals surface area contributed by atoms with Crippen LogP contribution in [0.1, 0.15) is 36.3 Å². The van der Waals surface area contributed by atoms with Crippen molar-refractivity contribution in [2.45, 2.75) is 37.3 Å². The Balaban J connectivity index is 1.51. The minimum Gasteiger partial charge on any atom is -0.356 e. The monoisotopic (exact) mass is 508 g/mol. The normalized spacial score (nSPS) is 22.3. The maximum absolute atomic E-state index is 14.2. The number of likely N-dealkylation sites (tertiary alicyclic amines) is 1. The zero-order valence-corrected chi connectivity index (χ0v) is 20.2. The van der Waals surface area contributed by atoms with Crippen LogP contribution in [0.2, 0.25) is 5.02 Å². The number of hydrogen-bond acceptors (Lipinski definition) is 4. The number of hydrogen-bond donors (Lipinski definition) is 2. The summed E-state index contributed by atoms with van der Waals surface area (Å²) in [5.41, 5.74) is 1.20. The Morgan fingerprint density at radius 2 is 2.06 bits per heavy atom. The van der Waals surface area contributed by atoms with Gasteiger partial charge in [-0.3, -0.25) is 14.4 Å². The van der Waals surface area contributed by atoms with Gasteiger partial charge in [0.25, 0.3) is 0 Å². The number of rotatable bonds is 7. The largest absolute Gasteiger partial charge is 0.356 e. The van der Waals surface area contributed by atoms with Crippen molar-refractivity contribution in [2.75, 3.05) is 13.1 Å². The minimum atomic E-state index is -0.849. The van der Waals surface area contributed by atoms with Crippen molar-refractivity contribution in [1.82, 2.24) is 15.5 Å². The second kappa shape index (κ2) is 11.4. The number of amides is 3. The fourth-order valence-electron chi connectivity index (χ4n) is 4.75. The molecule has 2 fully saturated rings. The second-order valence-corrected chi connectivity index (χ2v) is 9.49. The first kappa shape index (κ1) is 25.4. The third-order valence-corrected chi connectivity index (χ3v) is 6.92. The SMILES string of the molecule is N#C[C@H](CC1CCNC1=O)NC(=O)[C@@H]1C[C@@H](c2ccccc2)CN1C(=O)/C=C/c1ccc(Cl)cc1F. The standard InChI is InChI=1S/C27H26ClFN4O3/c28-21-8-6-18(23(29)14-21)7-9-25(34)33-16-20(17-4-2-1-3-5-17)13-24(33)27(36)32-22(15-30)12-19-10-11-31-26(19)35/h1-9,14,19-20,22,24H,10-13,16H2,(H,31,35)(H,32,36)/b9-7+/t19?,20-,22+,24+/m1/s1. The van der Waals surface area contributed by atoms with Crippen molar-refractivity contribution in [1.29, 1.82) is 5.26 Å². The van der Waals surface area contributed by atoms with E-state index in [1.807, 2.05) is 30.3 Å². The van der Waals surface area contributed by atoms with Crippen LogP contribution in [0.25, 0.3) is 6.08 Å². The summed E-state index contributed by atoms with van der Waals surface area (Å²) in [5, 5.41) is 15.3. The van der Waals surface area contributed by atoms with E-state index in [4.69, 9.17) is 11.6 Å². The Morgan fingerprint density at radius 3 is 2.72 bits per heavy atom. The molecule has 1 unspecified atom stereocenters. The highest BCUT2D eigenvalue weighted by Crippen LogP contribution is 2.32. The average molecular weight is 509 g/mol. The summed E-state index contributed by atoms with van der Waals surface area (Å²) in [4.78, 5) is 39.8. The van der Waals surface area contributed by atoms with Crippen LogP contribution in [0.5, 0.6) is 0 Å². The van der Waals surface area contributed by atoms with Crippen molar-refractivity contribution in [3.05, 3.63) is 76.6 Å². The van der Waals surface area contributed by atoms with Gasteiger partial charge in [0.2, 0.25) is 17.7 Å². The fraction of sp³-hybridized carbons (Fsp3) is 0.333. The molecule has 4 atom stereocenters. The Labute approximate surface area is 213 Å². The van der Waals surface area contributed by atoms with Crippen molar-refractivity contribution < 1.29 is 18.8 Å². The van der Waals surface area contributed by atoms with Crippen LogP contribution in [-0.4, -0.2) is 47.8 Å². The molecule has 0 radical (unpaired) electrons. The van der Waals surface area contributed by atoms with Crippen LogP contribution in [0.3, 0.4) is 0 Å². The lowest BCUT2D eigenvalue weighted by molar-refractivity contribution is -0.135. The van der Waals surface area contributed by atoms with Crippen LogP contribution in [0, 0.1) is 23.1 Å². The maximum atomic E-state index is 14.2. The summed E-state index contributed by atoms with van der Waals surface area (Å²) >= 11 is 5.80. The fourth-order valence-corrected chi connectivity index (χ4v) is 4.91. The number of halogens is 2. The van der Waals surface area contributed by atoms with E-state index in [1.165, 1.54) is 29.2 Å². The van der Waals surface area contributed by atoms with E-state index in [0.29, 0.717) is 25.9 Å². The van der Waals surface area contributed by atoms with Gasteiger partial charge in [0.05, 0.1) is 6.07 Å². The lowest BCUT2D eigenvalue weighted by atomic mass is 9.95. The van der Waals surface area contributed by atoms with E-state index in [2.05, 4.69) is 16.7 Å². The number of nitriles is 1. The Kier molecular flexibility index (Phi) is 8.01. The number of nitrogens with one attached hydrogen (secondary N) is 2. The van der Waals surface area contributed by atoms with Crippen molar-refractivity contribution >= 4 is 35.4 Å². The first-order chi connectivity index (χ1) is 17.4. The smallest absolute Gasteiger partial charge is 0.247 e. The highest BCUT2D eigenvalue weighted by molar-refractivity contribution is 6.30. The van der Waals surface area contributed by atoms with Crippen LogP contribution < -0.4 is 10.6 Å². The van der Waals surface area contributed by atoms with Crippen molar-refractivity contribution in [3.8, 4) is 6.07 Å². The van der Waals surface area contributed by atoms with Gasteiger partial charge in [0.1, 0.15) is 17.9 Å². The predicted molar refractivity (Wildman–Crippen MR) is 133 cm³/mol. The summed E-state index contributed by atoms with van der Waals surface area (Å²) in [7, 11) is 0. The Morgan fingerprint density at radius 1 is 1.28 bits per heavy atom. The molecule has 2 N–H and O–H groups in total. The summed E-state index contributed by atoms with van der Waals surface area (Å²) < 4.78 is 14.2. The maximum Gasteiger partial charge on any atom is 0.247 e. The van der Waals surface area contributed by atoms with Gasteiger partial charge in [-0.05, 0) is 43.0 Å². The van der Waals surface area contributed by atoms with Crippen LogP contribution in [-0.2, 0) is 14.4 Å². The molecule has 0 spiro atoms. The molecule has 9 heteroatoms. The molecular weight excluding hydrogens is 483 g/mol. The third-order valence-electron chi connectivity index (χ3n) is 6.68. The average Bonchev–Trinajstić information content (AvgIpc) is 3.50. The summed E-state index contributed by atoms with van der Waals surface area (Å²) in [5.74, 6) is -1.97. The van der Waals surface area contributed by atoms with E-state index in [-0.39, 0.29) is 34.7 Å². The van der Waals surface area contributed by atoms with E-state index >= 15 is 0 Å². The summed E-state index contributed by atoms with van der Waals surface area (Å²) in [6.45, 7) is 0.858. The van der Waals surface area contributed by atoms with E-state index in [9.17, 15) is 24.0 Å². The molecule has 2 aromatic carbocycles. The molecule has 3 amide bonds. The molecule has 2 aromatic rings. The minimum absolute atomic E-state index is 0.0762. The van der Waals surface area contributed by atoms with Gasteiger partial charge in [-0.25, -0.2) is 4.39 Å². The van der Waals surface area contributed by atoms with Crippen molar-refractivity contribution in [3.63, 3.8) is 0 Å². The molecule has 2 aliphatic heterocycles. The van der Waals surface area contributed by atoms with Gasteiger partial charge in [-0.15, -0.1) is 0 Å². The zero-order chi connectivity index (χ0) is 25.7. The first-order valence-corrected chi connectivity index (χ1v) is 12.2. The molecule has 2 aliphatic rings. The molecule has 2 saturated heterocycles. The Hall–Kier alpha value is -3.70. The predicted octanol–water partition coefficient (Wildman–Crippen LogP) is 3.41. The molecule has 36 heavy (non-hydrogen) atoms. The highest BCUT2D eigenvalue weighted by Gasteiger charge is 2.40. The van der Waals surface area contributed by atoms with E-state index < -0.39 is 29.7 Å². The number of carbonyl (C=O) groups is 3. The Bertz CT molecular complexity index is 1210. The molecule has 7 nitrogen and oxygen atoms in total. The van der Waals surface area contributed by atoms with Gasteiger partial charge < -0.3 is 15.5 Å². The van der Waals surface area contributed by atoms with Gasteiger partial charge in [0.15, 0.2) is 0 Å². The molecule has 186 valence electrons. The van der Waals surface area contributed by atoms with Gasteiger partial charge in [-0.1, -0.05) is 48.0 Å². The molecule has 0 saturated carbocycles. The lowest BCUT2D eigenvalue weighted by Gasteiger charge is -2.24. The second-order valence-electron chi connectivity index (χ2n) is 9.05. The van der Waals surface area contributed by atoms with E-state index in [0.717, 1.165) is 11.6 Å². The summed E-state index contributed by atoms with van der Waals surface area (Å²) in [6.07, 6.45) is 3.81. The topological polar surface area (TPSA) is 102 Å². The van der Waals surface area contributed by atoms with Crippen LogP contribution >= 0.6 is 11.6 Å². The van der Waals surface area contributed by atoms with Gasteiger partial charge in [0, 0.05) is 41.6 Å². The molecule has 4 rings (SSSR count). The quantitative estimate of drug-likeness (QED) is 0.559. The number of carbonyl (C=O) groups excluding carboxylic acids is 3. The lowest BCUT2D eigenvalue weighted by Crippen LogP contribution is -2.48.